The summed E-state index contributed by atoms with van der Waals surface area (Å²) in [4.78, 5) is 17.9. The van der Waals surface area contributed by atoms with Gasteiger partial charge >= 0.3 is 0 Å². The molecule has 0 amide bonds. The summed E-state index contributed by atoms with van der Waals surface area (Å²) in [5.41, 5.74) is 7.37. The van der Waals surface area contributed by atoms with Crippen LogP contribution in [0, 0.1) is 34.6 Å². The number of ketones is 1. The number of aromatic nitrogens is 3. The fourth-order valence-electron chi connectivity index (χ4n) is 3.43. The second-order valence-electron chi connectivity index (χ2n) is 6.56. The summed E-state index contributed by atoms with van der Waals surface area (Å²) in [6, 6.07) is 1.95. The van der Waals surface area contributed by atoms with Crippen LogP contribution in [0.3, 0.4) is 0 Å². The number of methoxy groups -OCH3 is 1. The van der Waals surface area contributed by atoms with E-state index >= 15 is 0 Å². The van der Waals surface area contributed by atoms with Gasteiger partial charge in [0.1, 0.15) is 5.56 Å². The minimum Gasteiger partial charge on any atom is -0.481 e. The van der Waals surface area contributed by atoms with Gasteiger partial charge in [-0.25, -0.2) is 4.68 Å². The van der Waals surface area contributed by atoms with E-state index in [1.54, 1.807) is 25.0 Å². The van der Waals surface area contributed by atoms with Gasteiger partial charge in [0.25, 0.3) is 0 Å². The van der Waals surface area contributed by atoms with Crippen molar-refractivity contribution in [2.75, 3.05) is 7.11 Å². The minimum atomic E-state index is -0.0925. The lowest BCUT2D eigenvalue weighted by molar-refractivity contribution is 0.103. The number of pyridine rings is 1. The largest absolute Gasteiger partial charge is 0.481 e. The van der Waals surface area contributed by atoms with Crippen LogP contribution in [0.5, 0.6) is 5.88 Å². The number of carbonyl (C=O) groups excluding carboxylic acids is 1. The van der Waals surface area contributed by atoms with E-state index in [4.69, 9.17) is 9.72 Å². The molecule has 2 aromatic heterocycles. The lowest BCUT2D eigenvalue weighted by atomic mass is 9.91. The van der Waals surface area contributed by atoms with Gasteiger partial charge in [0.05, 0.1) is 18.8 Å². The van der Waals surface area contributed by atoms with E-state index in [2.05, 4.69) is 18.9 Å². The smallest absolute Gasteiger partial charge is 0.222 e. The van der Waals surface area contributed by atoms with Crippen LogP contribution >= 0.6 is 0 Å². The Kier molecular flexibility index (Phi) is 4.11. The van der Waals surface area contributed by atoms with E-state index in [0.717, 1.165) is 27.7 Å². The topological polar surface area (TPSA) is 57.0 Å². The summed E-state index contributed by atoms with van der Waals surface area (Å²) in [6.45, 7) is 10.2. The normalized spacial score (nSPS) is 11.2. The minimum absolute atomic E-state index is 0.0925. The molecule has 0 radical (unpaired) electrons. The molecule has 1 aromatic carbocycles. The molecule has 0 saturated heterocycles. The number of rotatable bonds is 3. The van der Waals surface area contributed by atoms with Gasteiger partial charge in [-0.2, -0.15) is 5.10 Å². The van der Waals surface area contributed by atoms with Crippen LogP contribution in [0.4, 0.5) is 0 Å². The molecule has 0 bridgehead atoms. The highest BCUT2D eigenvalue weighted by atomic mass is 16.5. The SMILES string of the molecule is COc1c(C(=O)c2cc(C)c3c(C)c(C)c(C)nc3c2C)cnn1C. The molecule has 3 aromatic rings. The zero-order chi connectivity index (χ0) is 18.5. The third-order valence-electron chi connectivity index (χ3n) is 5.08. The van der Waals surface area contributed by atoms with Crippen LogP contribution in [0.2, 0.25) is 0 Å². The summed E-state index contributed by atoms with van der Waals surface area (Å²) in [7, 11) is 3.30. The average molecular weight is 337 g/mol. The highest BCUT2D eigenvalue weighted by Gasteiger charge is 2.23. The Bertz CT molecular complexity index is 1020. The molecular weight excluding hydrogens is 314 g/mol. The summed E-state index contributed by atoms with van der Waals surface area (Å²) < 4.78 is 6.90. The number of hydrogen-bond donors (Lipinski definition) is 0. The van der Waals surface area contributed by atoms with Crippen LogP contribution in [0.25, 0.3) is 10.9 Å². The fraction of sp³-hybridized carbons (Fsp3) is 0.350. The summed E-state index contributed by atoms with van der Waals surface area (Å²) in [5, 5.41) is 5.28. The van der Waals surface area contributed by atoms with Gasteiger partial charge in [-0.15, -0.1) is 0 Å². The van der Waals surface area contributed by atoms with Crippen LogP contribution in [-0.4, -0.2) is 27.7 Å². The Hall–Kier alpha value is -2.69. The predicted octanol–water partition coefficient (Wildman–Crippen LogP) is 3.75. The van der Waals surface area contributed by atoms with E-state index in [1.807, 2.05) is 26.8 Å². The molecule has 130 valence electrons. The molecule has 0 unspecified atom stereocenters. The molecule has 0 fully saturated rings. The van der Waals surface area contributed by atoms with Gasteiger partial charge in [-0.05, 0) is 62.9 Å². The number of carbonyl (C=O) groups is 1. The molecular formula is C20H23N3O2. The Morgan fingerprint density at radius 3 is 2.36 bits per heavy atom. The van der Waals surface area contributed by atoms with Crippen molar-refractivity contribution in [3.8, 4) is 5.88 Å². The monoisotopic (exact) mass is 337 g/mol. The third-order valence-corrected chi connectivity index (χ3v) is 5.08. The number of benzene rings is 1. The Morgan fingerprint density at radius 1 is 1.04 bits per heavy atom. The zero-order valence-corrected chi connectivity index (χ0v) is 15.8. The quantitative estimate of drug-likeness (QED) is 0.683. The lowest BCUT2D eigenvalue weighted by Gasteiger charge is -2.16. The summed E-state index contributed by atoms with van der Waals surface area (Å²) in [5.74, 6) is 0.372. The first-order valence-corrected chi connectivity index (χ1v) is 8.26. The molecule has 25 heavy (non-hydrogen) atoms. The first-order chi connectivity index (χ1) is 11.8. The van der Waals surface area contributed by atoms with E-state index < -0.39 is 0 Å². The number of fused-ring (bicyclic) bond motifs is 1. The molecule has 0 aliphatic heterocycles. The van der Waals surface area contributed by atoms with Crippen molar-refractivity contribution in [1.29, 1.82) is 0 Å². The molecule has 5 nitrogen and oxygen atoms in total. The molecule has 0 aliphatic rings. The first-order valence-electron chi connectivity index (χ1n) is 8.26. The van der Waals surface area contributed by atoms with E-state index in [0.29, 0.717) is 17.0 Å². The maximum Gasteiger partial charge on any atom is 0.222 e. The van der Waals surface area contributed by atoms with Crippen LogP contribution in [0.1, 0.15) is 43.9 Å². The maximum atomic E-state index is 13.1. The third kappa shape index (κ3) is 2.51. The molecule has 0 N–H and O–H groups in total. The zero-order valence-electron chi connectivity index (χ0n) is 15.8. The van der Waals surface area contributed by atoms with Gasteiger partial charge in [0.15, 0.2) is 5.78 Å². The van der Waals surface area contributed by atoms with E-state index in [9.17, 15) is 4.79 Å². The van der Waals surface area contributed by atoms with Gasteiger partial charge in [0, 0.05) is 23.7 Å². The summed E-state index contributed by atoms with van der Waals surface area (Å²) in [6.07, 6.45) is 1.55. The number of nitrogens with zero attached hydrogens (tertiary/aromatic N) is 3. The second-order valence-corrected chi connectivity index (χ2v) is 6.56. The first kappa shape index (κ1) is 17.1. The summed E-state index contributed by atoms with van der Waals surface area (Å²) >= 11 is 0. The number of hydrogen-bond acceptors (Lipinski definition) is 4. The number of aryl methyl sites for hydroxylation is 5. The van der Waals surface area contributed by atoms with Crippen molar-refractivity contribution < 1.29 is 9.53 Å². The van der Waals surface area contributed by atoms with E-state index in [-0.39, 0.29) is 5.78 Å². The molecule has 3 rings (SSSR count). The molecule has 0 saturated carbocycles. The van der Waals surface area contributed by atoms with Gasteiger partial charge < -0.3 is 4.74 Å². The Labute approximate surface area is 147 Å². The molecule has 0 aliphatic carbocycles. The Balaban J connectivity index is 2.29. The van der Waals surface area contributed by atoms with Gasteiger partial charge in [-0.1, -0.05) is 0 Å². The Morgan fingerprint density at radius 2 is 1.72 bits per heavy atom. The van der Waals surface area contributed by atoms with Crippen molar-refractivity contribution in [2.24, 2.45) is 7.05 Å². The van der Waals surface area contributed by atoms with Gasteiger partial charge in [-0.3, -0.25) is 9.78 Å². The molecule has 2 heterocycles. The maximum absolute atomic E-state index is 13.1. The van der Waals surface area contributed by atoms with Gasteiger partial charge in [0.2, 0.25) is 5.88 Å². The van der Waals surface area contributed by atoms with Crippen LogP contribution < -0.4 is 4.74 Å². The fourth-order valence-corrected chi connectivity index (χ4v) is 3.43. The van der Waals surface area contributed by atoms with Crippen molar-refractivity contribution in [2.45, 2.75) is 34.6 Å². The highest BCUT2D eigenvalue weighted by Crippen LogP contribution is 2.31. The molecule has 5 heteroatoms. The van der Waals surface area contributed by atoms with Crippen molar-refractivity contribution in [1.82, 2.24) is 14.8 Å². The van der Waals surface area contributed by atoms with Crippen LogP contribution in [-0.2, 0) is 7.05 Å². The lowest BCUT2D eigenvalue weighted by Crippen LogP contribution is -2.08. The van der Waals surface area contributed by atoms with Crippen molar-refractivity contribution in [3.05, 3.63) is 51.3 Å². The molecule has 0 atom stereocenters. The van der Waals surface area contributed by atoms with Crippen molar-refractivity contribution >= 4 is 16.7 Å². The van der Waals surface area contributed by atoms with E-state index in [1.165, 1.54) is 11.1 Å². The highest BCUT2D eigenvalue weighted by molar-refractivity contribution is 6.13. The average Bonchev–Trinajstić information content (AvgIpc) is 2.95. The number of ether oxygens (including phenoxy) is 1. The van der Waals surface area contributed by atoms with Crippen molar-refractivity contribution in [3.63, 3.8) is 0 Å². The molecule has 0 spiro atoms. The standard InChI is InChI=1S/C20H23N3O2/c1-10-8-15(19(24)16-9-21-23(6)20(16)25-7)13(4)18-17(10)12(3)11(2)14(5)22-18/h8-9H,1-7H3. The van der Waals surface area contributed by atoms with Crippen LogP contribution in [0.15, 0.2) is 12.3 Å². The second kappa shape index (κ2) is 5.99. The predicted molar refractivity (Wildman–Crippen MR) is 98.6 cm³/mol.